The molecule has 1 aliphatic heterocycles. The van der Waals surface area contributed by atoms with Crippen LogP contribution in [0.15, 0.2) is 24.3 Å². The fourth-order valence-corrected chi connectivity index (χ4v) is 2.49. The van der Waals surface area contributed by atoms with Crippen molar-refractivity contribution >= 4 is 0 Å². The Morgan fingerprint density at radius 2 is 2.00 bits per heavy atom. The number of halogens is 2. The SMILES string of the molecule is CCOc1ccc(C(F)(F)CC2CCCCN2)cc1. The molecule has 2 nitrogen and oxygen atoms in total. The highest BCUT2D eigenvalue weighted by Crippen LogP contribution is 2.35. The molecule has 1 atom stereocenters. The summed E-state index contributed by atoms with van der Waals surface area (Å²) in [7, 11) is 0. The maximum Gasteiger partial charge on any atom is 0.274 e. The van der Waals surface area contributed by atoms with Gasteiger partial charge in [0.1, 0.15) is 5.75 Å². The van der Waals surface area contributed by atoms with Crippen LogP contribution in [0.25, 0.3) is 0 Å². The lowest BCUT2D eigenvalue weighted by Gasteiger charge is -2.27. The Hall–Kier alpha value is -1.16. The molecule has 106 valence electrons. The average molecular weight is 269 g/mol. The maximum atomic E-state index is 14.2. The summed E-state index contributed by atoms with van der Waals surface area (Å²) in [5, 5.41) is 3.17. The van der Waals surface area contributed by atoms with Crippen molar-refractivity contribution in [1.82, 2.24) is 5.32 Å². The number of hydrogen-bond donors (Lipinski definition) is 1. The van der Waals surface area contributed by atoms with Gasteiger partial charge < -0.3 is 10.1 Å². The zero-order valence-corrected chi connectivity index (χ0v) is 11.3. The van der Waals surface area contributed by atoms with Crippen molar-refractivity contribution in [2.24, 2.45) is 0 Å². The lowest BCUT2D eigenvalue weighted by atomic mass is 9.95. The number of rotatable bonds is 5. The minimum Gasteiger partial charge on any atom is -0.494 e. The molecular weight excluding hydrogens is 248 g/mol. The Kier molecular flexibility index (Phi) is 4.75. The molecule has 0 aliphatic carbocycles. The van der Waals surface area contributed by atoms with E-state index in [0.29, 0.717) is 12.4 Å². The van der Waals surface area contributed by atoms with E-state index in [1.54, 1.807) is 12.1 Å². The lowest BCUT2D eigenvalue weighted by molar-refractivity contribution is -0.0253. The molecular formula is C15H21F2NO. The Bertz CT molecular complexity index is 386. The van der Waals surface area contributed by atoms with Gasteiger partial charge in [0.05, 0.1) is 6.61 Å². The minimum absolute atomic E-state index is 0.0725. The molecule has 1 aromatic rings. The lowest BCUT2D eigenvalue weighted by Crippen LogP contribution is -2.37. The van der Waals surface area contributed by atoms with Crippen LogP contribution in [0.4, 0.5) is 8.78 Å². The van der Waals surface area contributed by atoms with Crippen molar-refractivity contribution in [3.63, 3.8) is 0 Å². The second-order valence-corrected chi connectivity index (χ2v) is 5.01. The monoisotopic (exact) mass is 269 g/mol. The Morgan fingerprint density at radius 3 is 2.58 bits per heavy atom. The van der Waals surface area contributed by atoms with Crippen molar-refractivity contribution in [3.05, 3.63) is 29.8 Å². The van der Waals surface area contributed by atoms with Crippen LogP contribution < -0.4 is 10.1 Å². The third-order valence-corrected chi connectivity index (χ3v) is 3.50. The summed E-state index contributed by atoms with van der Waals surface area (Å²) >= 11 is 0. The summed E-state index contributed by atoms with van der Waals surface area (Å²) in [6.07, 6.45) is 2.84. The molecule has 1 aromatic carbocycles. The molecule has 0 amide bonds. The van der Waals surface area contributed by atoms with Gasteiger partial charge in [-0.1, -0.05) is 6.42 Å². The van der Waals surface area contributed by atoms with E-state index in [1.165, 1.54) is 12.1 Å². The molecule has 1 fully saturated rings. The van der Waals surface area contributed by atoms with Gasteiger partial charge >= 0.3 is 0 Å². The van der Waals surface area contributed by atoms with Gasteiger partial charge in [0.15, 0.2) is 0 Å². The van der Waals surface area contributed by atoms with Gasteiger partial charge in [-0.2, -0.15) is 0 Å². The molecule has 19 heavy (non-hydrogen) atoms. The van der Waals surface area contributed by atoms with Gasteiger partial charge in [0.2, 0.25) is 0 Å². The second-order valence-electron chi connectivity index (χ2n) is 5.01. The second kappa shape index (κ2) is 6.33. The molecule has 0 saturated carbocycles. The fraction of sp³-hybridized carbons (Fsp3) is 0.600. The quantitative estimate of drug-likeness (QED) is 0.880. The van der Waals surface area contributed by atoms with E-state index in [4.69, 9.17) is 4.74 Å². The number of benzene rings is 1. The predicted molar refractivity (Wildman–Crippen MR) is 71.8 cm³/mol. The highest BCUT2D eigenvalue weighted by Gasteiger charge is 2.35. The zero-order valence-electron chi connectivity index (χ0n) is 11.3. The van der Waals surface area contributed by atoms with Crippen molar-refractivity contribution in [2.75, 3.05) is 13.2 Å². The van der Waals surface area contributed by atoms with E-state index in [1.807, 2.05) is 6.92 Å². The predicted octanol–water partition coefficient (Wildman–Crippen LogP) is 3.71. The van der Waals surface area contributed by atoms with Gasteiger partial charge in [-0.05, 0) is 50.6 Å². The van der Waals surface area contributed by atoms with E-state index >= 15 is 0 Å². The van der Waals surface area contributed by atoms with Crippen LogP contribution in [0.1, 0.15) is 38.2 Å². The van der Waals surface area contributed by atoms with Crippen LogP contribution in [0.3, 0.4) is 0 Å². The summed E-state index contributed by atoms with van der Waals surface area (Å²) in [6.45, 7) is 3.27. The number of piperidine rings is 1. The smallest absolute Gasteiger partial charge is 0.274 e. The van der Waals surface area contributed by atoms with Gasteiger partial charge in [-0.25, -0.2) is 8.78 Å². The number of nitrogens with one attached hydrogen (secondary N) is 1. The molecule has 0 aromatic heterocycles. The first-order valence-corrected chi connectivity index (χ1v) is 6.96. The van der Waals surface area contributed by atoms with Crippen LogP contribution >= 0.6 is 0 Å². The first-order chi connectivity index (χ1) is 9.12. The number of ether oxygens (including phenoxy) is 1. The molecule has 1 aliphatic rings. The highest BCUT2D eigenvalue weighted by atomic mass is 19.3. The fourth-order valence-electron chi connectivity index (χ4n) is 2.49. The summed E-state index contributed by atoms with van der Waals surface area (Å²) in [5.41, 5.74) is 0.0725. The van der Waals surface area contributed by atoms with Gasteiger partial charge in [-0.3, -0.25) is 0 Å². The molecule has 1 N–H and O–H groups in total. The van der Waals surface area contributed by atoms with Crippen LogP contribution in [0, 0.1) is 0 Å². The van der Waals surface area contributed by atoms with Crippen LogP contribution in [0.2, 0.25) is 0 Å². The van der Waals surface area contributed by atoms with E-state index in [-0.39, 0.29) is 18.0 Å². The molecule has 0 spiro atoms. The van der Waals surface area contributed by atoms with Crippen molar-refractivity contribution in [1.29, 1.82) is 0 Å². The summed E-state index contributed by atoms with van der Waals surface area (Å²) in [5.74, 6) is -2.14. The van der Waals surface area contributed by atoms with Crippen molar-refractivity contribution in [3.8, 4) is 5.75 Å². The van der Waals surface area contributed by atoms with Crippen LogP contribution in [-0.4, -0.2) is 19.2 Å². The van der Waals surface area contributed by atoms with Gasteiger partial charge in [0, 0.05) is 18.0 Å². The summed E-state index contributed by atoms with van der Waals surface area (Å²) in [6, 6.07) is 6.08. The van der Waals surface area contributed by atoms with Crippen LogP contribution in [-0.2, 0) is 5.92 Å². The maximum absolute atomic E-state index is 14.2. The molecule has 1 heterocycles. The normalized spacial score (nSPS) is 20.3. The van der Waals surface area contributed by atoms with Gasteiger partial charge in [-0.15, -0.1) is 0 Å². The Morgan fingerprint density at radius 1 is 1.26 bits per heavy atom. The largest absolute Gasteiger partial charge is 0.494 e. The van der Waals surface area contributed by atoms with Crippen molar-refractivity contribution in [2.45, 2.75) is 44.6 Å². The molecule has 0 radical (unpaired) electrons. The van der Waals surface area contributed by atoms with Crippen LogP contribution in [0.5, 0.6) is 5.75 Å². The average Bonchev–Trinajstić information content (AvgIpc) is 2.40. The molecule has 1 saturated heterocycles. The number of hydrogen-bond acceptors (Lipinski definition) is 2. The first kappa shape index (κ1) is 14.3. The number of alkyl halides is 2. The van der Waals surface area contributed by atoms with E-state index in [9.17, 15) is 8.78 Å². The molecule has 0 bridgehead atoms. The van der Waals surface area contributed by atoms with E-state index in [0.717, 1.165) is 25.8 Å². The van der Waals surface area contributed by atoms with Crippen molar-refractivity contribution < 1.29 is 13.5 Å². The minimum atomic E-state index is -2.78. The topological polar surface area (TPSA) is 21.3 Å². The van der Waals surface area contributed by atoms with E-state index in [2.05, 4.69) is 5.32 Å². The third kappa shape index (κ3) is 3.90. The first-order valence-electron chi connectivity index (χ1n) is 6.96. The Labute approximate surface area is 113 Å². The molecule has 4 heteroatoms. The Balaban J connectivity index is 2.00. The standard InChI is InChI=1S/C15H21F2NO/c1-2-19-14-8-6-12(7-9-14)15(16,17)11-13-5-3-4-10-18-13/h6-9,13,18H,2-5,10-11H2,1H3. The zero-order chi connectivity index (χ0) is 13.7. The third-order valence-electron chi connectivity index (χ3n) is 3.50. The molecule has 1 unspecified atom stereocenters. The molecule has 2 rings (SSSR count). The summed E-state index contributed by atoms with van der Waals surface area (Å²) in [4.78, 5) is 0. The van der Waals surface area contributed by atoms with E-state index < -0.39 is 5.92 Å². The summed E-state index contributed by atoms with van der Waals surface area (Å²) < 4.78 is 33.6. The highest BCUT2D eigenvalue weighted by molar-refractivity contribution is 5.30. The van der Waals surface area contributed by atoms with Gasteiger partial charge in [0.25, 0.3) is 5.92 Å².